The van der Waals surface area contributed by atoms with Crippen LogP contribution in [-0.4, -0.2) is 5.16 Å². The van der Waals surface area contributed by atoms with Gasteiger partial charge in [-0.2, -0.15) is 0 Å². The van der Waals surface area contributed by atoms with Crippen molar-refractivity contribution >= 4 is 5.88 Å². The third-order valence-corrected chi connectivity index (χ3v) is 1.72. The van der Waals surface area contributed by atoms with Crippen molar-refractivity contribution in [2.75, 3.05) is 5.43 Å². The van der Waals surface area contributed by atoms with Gasteiger partial charge in [0.25, 0.3) is 0 Å². The molecule has 0 amide bonds. The first-order valence-electron chi connectivity index (χ1n) is 3.89. The molecule has 66 valence electrons. The molecule has 0 unspecified atom stereocenters. The first kappa shape index (κ1) is 7.82. The number of hydrogen-bond donors (Lipinski definition) is 2. The first-order valence-corrected chi connectivity index (χ1v) is 3.89. The van der Waals surface area contributed by atoms with Crippen molar-refractivity contribution in [3.63, 3.8) is 0 Å². The number of benzene rings is 1. The van der Waals surface area contributed by atoms with Gasteiger partial charge in [-0.1, -0.05) is 35.5 Å². The largest absolute Gasteiger partial charge is 0.337 e. The Morgan fingerprint density at radius 2 is 2.00 bits per heavy atom. The monoisotopic (exact) mass is 175 g/mol. The molecule has 0 saturated carbocycles. The van der Waals surface area contributed by atoms with Crippen molar-refractivity contribution in [2.45, 2.75) is 0 Å². The SMILES string of the molecule is NNc1cc(-c2ccccc2)no1. The summed E-state index contributed by atoms with van der Waals surface area (Å²) in [6.07, 6.45) is 0. The van der Waals surface area contributed by atoms with E-state index in [4.69, 9.17) is 10.4 Å². The quantitative estimate of drug-likeness (QED) is 0.537. The standard InChI is InChI=1S/C9H9N3O/c10-11-9-6-8(12-13-9)7-4-2-1-3-5-7/h1-6,11H,10H2. The van der Waals surface area contributed by atoms with E-state index in [1.54, 1.807) is 6.07 Å². The minimum Gasteiger partial charge on any atom is -0.337 e. The van der Waals surface area contributed by atoms with Crippen molar-refractivity contribution in [1.29, 1.82) is 0 Å². The maximum atomic E-state index is 5.16. The van der Waals surface area contributed by atoms with Crippen LogP contribution >= 0.6 is 0 Å². The van der Waals surface area contributed by atoms with Crippen LogP contribution < -0.4 is 11.3 Å². The Kier molecular flexibility index (Phi) is 1.97. The molecule has 0 saturated heterocycles. The molecule has 2 aromatic rings. The third-order valence-electron chi connectivity index (χ3n) is 1.72. The Morgan fingerprint density at radius 1 is 1.23 bits per heavy atom. The molecule has 4 nitrogen and oxygen atoms in total. The van der Waals surface area contributed by atoms with Gasteiger partial charge in [0.15, 0.2) is 0 Å². The number of hydrazine groups is 1. The number of aromatic nitrogens is 1. The summed E-state index contributed by atoms with van der Waals surface area (Å²) in [5, 5.41) is 3.84. The zero-order valence-corrected chi connectivity index (χ0v) is 6.90. The molecule has 0 fully saturated rings. The van der Waals surface area contributed by atoms with Gasteiger partial charge >= 0.3 is 0 Å². The van der Waals surface area contributed by atoms with E-state index in [0.29, 0.717) is 5.88 Å². The third kappa shape index (κ3) is 1.52. The van der Waals surface area contributed by atoms with Gasteiger partial charge < -0.3 is 4.52 Å². The van der Waals surface area contributed by atoms with Gasteiger partial charge in [-0.3, -0.25) is 5.43 Å². The second kappa shape index (κ2) is 3.28. The van der Waals surface area contributed by atoms with Gasteiger partial charge in [-0.25, -0.2) is 5.84 Å². The van der Waals surface area contributed by atoms with E-state index in [1.165, 1.54) is 0 Å². The van der Waals surface area contributed by atoms with E-state index in [0.717, 1.165) is 11.3 Å². The minimum atomic E-state index is 0.457. The van der Waals surface area contributed by atoms with Crippen molar-refractivity contribution < 1.29 is 4.52 Å². The summed E-state index contributed by atoms with van der Waals surface area (Å²) >= 11 is 0. The zero-order chi connectivity index (χ0) is 9.10. The molecule has 0 bridgehead atoms. The fraction of sp³-hybridized carbons (Fsp3) is 0. The predicted octanol–water partition coefficient (Wildman–Crippen LogP) is 1.63. The molecule has 1 aromatic carbocycles. The van der Waals surface area contributed by atoms with Crippen LogP contribution in [0.3, 0.4) is 0 Å². The topological polar surface area (TPSA) is 64.1 Å². The molecule has 0 spiro atoms. The molecule has 4 heteroatoms. The Hall–Kier alpha value is -1.81. The van der Waals surface area contributed by atoms with Crippen LogP contribution in [0.2, 0.25) is 0 Å². The van der Waals surface area contributed by atoms with Crippen molar-refractivity contribution in [3.8, 4) is 11.3 Å². The van der Waals surface area contributed by atoms with Crippen LogP contribution in [0.15, 0.2) is 40.9 Å². The van der Waals surface area contributed by atoms with E-state index in [9.17, 15) is 0 Å². The maximum Gasteiger partial charge on any atom is 0.239 e. The zero-order valence-electron chi connectivity index (χ0n) is 6.90. The number of nitrogens with one attached hydrogen (secondary N) is 1. The summed E-state index contributed by atoms with van der Waals surface area (Å²) in [7, 11) is 0. The lowest BCUT2D eigenvalue weighted by molar-refractivity contribution is 0.435. The Balaban J connectivity index is 2.36. The van der Waals surface area contributed by atoms with Gasteiger partial charge in [0.1, 0.15) is 5.69 Å². The van der Waals surface area contributed by atoms with Crippen molar-refractivity contribution in [2.24, 2.45) is 5.84 Å². The summed E-state index contributed by atoms with van der Waals surface area (Å²) < 4.78 is 4.88. The lowest BCUT2D eigenvalue weighted by Crippen LogP contribution is -2.04. The van der Waals surface area contributed by atoms with E-state index in [2.05, 4.69) is 10.6 Å². The Bertz CT molecular complexity index is 383. The molecule has 0 aliphatic heterocycles. The van der Waals surface area contributed by atoms with Crippen LogP contribution in [0.1, 0.15) is 0 Å². The summed E-state index contributed by atoms with van der Waals surface area (Å²) in [4.78, 5) is 0. The van der Waals surface area contributed by atoms with Gasteiger partial charge in [0.05, 0.1) is 0 Å². The van der Waals surface area contributed by atoms with Crippen LogP contribution in [0, 0.1) is 0 Å². The summed E-state index contributed by atoms with van der Waals surface area (Å²) in [6.45, 7) is 0. The highest BCUT2D eigenvalue weighted by Gasteiger charge is 2.03. The van der Waals surface area contributed by atoms with Gasteiger partial charge in [0.2, 0.25) is 5.88 Å². The molecule has 1 aromatic heterocycles. The number of hydrogen-bond acceptors (Lipinski definition) is 4. The highest BCUT2D eigenvalue weighted by Crippen LogP contribution is 2.20. The molecular formula is C9H9N3O. The average Bonchev–Trinajstić information content (AvgIpc) is 2.67. The van der Waals surface area contributed by atoms with Crippen LogP contribution in [0.4, 0.5) is 5.88 Å². The number of nitrogen functional groups attached to an aromatic ring is 1. The summed E-state index contributed by atoms with van der Waals surface area (Å²) in [6, 6.07) is 11.5. The van der Waals surface area contributed by atoms with Crippen LogP contribution in [0.5, 0.6) is 0 Å². The average molecular weight is 175 g/mol. The molecule has 3 N–H and O–H groups in total. The van der Waals surface area contributed by atoms with Crippen molar-refractivity contribution in [3.05, 3.63) is 36.4 Å². The van der Waals surface area contributed by atoms with Gasteiger partial charge in [0, 0.05) is 11.6 Å². The van der Waals surface area contributed by atoms with Crippen molar-refractivity contribution in [1.82, 2.24) is 5.16 Å². The van der Waals surface area contributed by atoms with E-state index < -0.39 is 0 Å². The normalized spacial score (nSPS) is 9.92. The number of nitrogens with zero attached hydrogens (tertiary/aromatic N) is 1. The maximum absolute atomic E-state index is 5.16. The van der Waals surface area contributed by atoms with E-state index in [-0.39, 0.29) is 0 Å². The minimum absolute atomic E-state index is 0.457. The molecule has 0 aliphatic rings. The number of rotatable bonds is 2. The van der Waals surface area contributed by atoms with E-state index >= 15 is 0 Å². The summed E-state index contributed by atoms with van der Waals surface area (Å²) in [5.74, 6) is 5.61. The molecule has 13 heavy (non-hydrogen) atoms. The lowest BCUT2D eigenvalue weighted by atomic mass is 10.2. The fourth-order valence-electron chi connectivity index (χ4n) is 1.09. The molecule has 1 heterocycles. The van der Waals surface area contributed by atoms with Crippen LogP contribution in [-0.2, 0) is 0 Å². The molecule has 0 aliphatic carbocycles. The van der Waals surface area contributed by atoms with Gasteiger partial charge in [-0.15, -0.1) is 0 Å². The second-order valence-corrected chi connectivity index (χ2v) is 2.59. The Morgan fingerprint density at radius 3 is 2.62 bits per heavy atom. The fourth-order valence-corrected chi connectivity index (χ4v) is 1.09. The first-order chi connectivity index (χ1) is 6.40. The van der Waals surface area contributed by atoms with E-state index in [1.807, 2.05) is 30.3 Å². The van der Waals surface area contributed by atoms with Crippen LogP contribution in [0.25, 0.3) is 11.3 Å². The molecular weight excluding hydrogens is 166 g/mol. The second-order valence-electron chi connectivity index (χ2n) is 2.59. The molecule has 2 rings (SSSR count). The predicted molar refractivity (Wildman–Crippen MR) is 49.7 cm³/mol. The number of nitrogens with two attached hydrogens (primary N) is 1. The summed E-state index contributed by atoms with van der Waals surface area (Å²) in [5.41, 5.74) is 4.17. The number of anilines is 1. The van der Waals surface area contributed by atoms with Gasteiger partial charge in [-0.05, 0) is 0 Å². The Labute approximate surface area is 75.3 Å². The molecule has 0 radical (unpaired) electrons. The highest BCUT2D eigenvalue weighted by molar-refractivity contribution is 5.61. The highest BCUT2D eigenvalue weighted by atomic mass is 16.5. The lowest BCUT2D eigenvalue weighted by Gasteiger charge is -1.91. The smallest absolute Gasteiger partial charge is 0.239 e. The molecule has 0 atom stereocenters.